The maximum absolute atomic E-state index is 12.4. The third kappa shape index (κ3) is 6.15. The second-order valence-electron chi connectivity index (χ2n) is 9.96. The van der Waals surface area contributed by atoms with E-state index in [1.165, 1.54) is 21.9 Å². The van der Waals surface area contributed by atoms with Gasteiger partial charge in [0.15, 0.2) is 0 Å². The Morgan fingerprint density at radius 1 is 0.944 bits per heavy atom. The van der Waals surface area contributed by atoms with E-state index in [-0.39, 0.29) is 12.5 Å². The van der Waals surface area contributed by atoms with Gasteiger partial charge in [-0.25, -0.2) is 0 Å². The number of amides is 1. The summed E-state index contributed by atoms with van der Waals surface area (Å²) < 4.78 is 6.01. The van der Waals surface area contributed by atoms with Crippen molar-refractivity contribution in [3.8, 4) is 5.75 Å². The summed E-state index contributed by atoms with van der Waals surface area (Å²) in [7, 11) is 0. The van der Waals surface area contributed by atoms with E-state index in [4.69, 9.17) is 4.74 Å². The molecular formula is C31H36N2O3. The second-order valence-corrected chi connectivity index (χ2v) is 9.96. The van der Waals surface area contributed by atoms with Gasteiger partial charge in [-0.1, -0.05) is 60.7 Å². The molecule has 3 aromatic carbocycles. The molecule has 0 aliphatic carbocycles. The van der Waals surface area contributed by atoms with Crippen LogP contribution in [0.3, 0.4) is 0 Å². The Labute approximate surface area is 214 Å². The molecule has 2 aliphatic rings. The zero-order valence-electron chi connectivity index (χ0n) is 20.9. The number of carbonyl (C=O) groups is 1. The Kier molecular flexibility index (Phi) is 7.99. The van der Waals surface area contributed by atoms with Gasteiger partial charge < -0.3 is 14.7 Å². The minimum absolute atomic E-state index is 0.226. The standard InChI is InChI=1S/C31H36N2O3/c34-29(23-36-30-10-4-3-8-26(30)13-14-31(35)33-17-5-6-18-33)22-32-19-15-25(16-20-32)28-12-11-24-7-1-2-9-27(24)21-28/h1-4,7-12,15,21,29,34H,5-6,13-14,16-20,22-23H2. The topological polar surface area (TPSA) is 53.0 Å². The Bertz CT molecular complexity index is 1220. The fourth-order valence-corrected chi connectivity index (χ4v) is 5.28. The van der Waals surface area contributed by atoms with E-state index in [0.29, 0.717) is 19.4 Å². The first-order chi connectivity index (χ1) is 17.7. The molecular weight excluding hydrogens is 448 g/mol. The van der Waals surface area contributed by atoms with Gasteiger partial charge in [0.25, 0.3) is 0 Å². The molecule has 2 heterocycles. The van der Waals surface area contributed by atoms with Crippen LogP contribution in [0.15, 0.2) is 72.8 Å². The van der Waals surface area contributed by atoms with E-state index in [1.54, 1.807) is 0 Å². The predicted molar refractivity (Wildman–Crippen MR) is 145 cm³/mol. The number of hydrogen-bond donors (Lipinski definition) is 1. The van der Waals surface area contributed by atoms with E-state index in [9.17, 15) is 9.90 Å². The first kappa shape index (κ1) is 24.5. The van der Waals surface area contributed by atoms with Crippen LogP contribution < -0.4 is 4.74 Å². The van der Waals surface area contributed by atoms with E-state index < -0.39 is 6.10 Å². The maximum atomic E-state index is 12.4. The van der Waals surface area contributed by atoms with Crippen molar-refractivity contribution in [2.75, 3.05) is 39.3 Å². The summed E-state index contributed by atoms with van der Waals surface area (Å²) in [6.07, 6.45) is 6.08. The van der Waals surface area contributed by atoms with Crippen LogP contribution >= 0.6 is 0 Å². The molecule has 3 aromatic rings. The van der Waals surface area contributed by atoms with Crippen LogP contribution in [0.5, 0.6) is 5.75 Å². The number of likely N-dealkylation sites (tertiary alicyclic amines) is 1. The van der Waals surface area contributed by atoms with Crippen molar-refractivity contribution >= 4 is 22.3 Å². The number of aliphatic hydroxyl groups excluding tert-OH is 1. The number of ether oxygens (including phenoxy) is 1. The van der Waals surface area contributed by atoms with Gasteiger partial charge in [0, 0.05) is 39.1 Å². The van der Waals surface area contributed by atoms with E-state index in [1.807, 2.05) is 29.2 Å². The van der Waals surface area contributed by atoms with Crippen molar-refractivity contribution < 1.29 is 14.6 Å². The molecule has 5 nitrogen and oxygen atoms in total. The Morgan fingerprint density at radius 3 is 2.53 bits per heavy atom. The summed E-state index contributed by atoms with van der Waals surface area (Å²) in [4.78, 5) is 16.7. The summed E-state index contributed by atoms with van der Waals surface area (Å²) in [6.45, 7) is 4.35. The highest BCUT2D eigenvalue weighted by atomic mass is 16.5. The number of para-hydroxylation sites is 1. The van der Waals surface area contributed by atoms with Gasteiger partial charge in [0.05, 0.1) is 0 Å². The van der Waals surface area contributed by atoms with Gasteiger partial charge in [-0.05, 0) is 65.3 Å². The van der Waals surface area contributed by atoms with E-state index in [0.717, 1.165) is 56.8 Å². The monoisotopic (exact) mass is 484 g/mol. The average molecular weight is 485 g/mol. The number of aliphatic hydroxyl groups is 1. The average Bonchev–Trinajstić information content (AvgIpc) is 3.46. The third-order valence-corrected chi connectivity index (χ3v) is 7.35. The van der Waals surface area contributed by atoms with Crippen LogP contribution in [0, 0.1) is 0 Å². The molecule has 5 heteroatoms. The summed E-state index contributed by atoms with van der Waals surface area (Å²) in [6, 6.07) is 23.0. The van der Waals surface area contributed by atoms with Crippen LogP contribution in [-0.2, 0) is 11.2 Å². The van der Waals surface area contributed by atoms with Crippen molar-refractivity contribution in [3.05, 3.63) is 83.9 Å². The summed E-state index contributed by atoms with van der Waals surface area (Å²) in [5, 5.41) is 13.2. The summed E-state index contributed by atoms with van der Waals surface area (Å²) in [5.74, 6) is 0.992. The molecule has 1 fully saturated rings. The number of aryl methyl sites for hydroxylation is 1. The highest BCUT2D eigenvalue weighted by molar-refractivity contribution is 5.86. The first-order valence-corrected chi connectivity index (χ1v) is 13.2. The molecule has 0 spiro atoms. The van der Waals surface area contributed by atoms with E-state index >= 15 is 0 Å². The van der Waals surface area contributed by atoms with Gasteiger partial charge in [0.2, 0.25) is 5.91 Å². The van der Waals surface area contributed by atoms with Crippen molar-refractivity contribution in [1.82, 2.24) is 9.80 Å². The number of carbonyl (C=O) groups excluding carboxylic acids is 1. The van der Waals surface area contributed by atoms with E-state index in [2.05, 4.69) is 53.4 Å². The van der Waals surface area contributed by atoms with Crippen molar-refractivity contribution in [3.63, 3.8) is 0 Å². The zero-order chi connectivity index (χ0) is 24.7. The lowest BCUT2D eigenvalue weighted by atomic mass is 9.97. The van der Waals surface area contributed by atoms with Crippen molar-refractivity contribution in [2.45, 2.75) is 38.2 Å². The Morgan fingerprint density at radius 2 is 1.72 bits per heavy atom. The van der Waals surface area contributed by atoms with Gasteiger partial charge in [-0.15, -0.1) is 0 Å². The quantitative estimate of drug-likeness (QED) is 0.468. The largest absolute Gasteiger partial charge is 0.491 e. The second kappa shape index (κ2) is 11.7. The molecule has 36 heavy (non-hydrogen) atoms. The first-order valence-electron chi connectivity index (χ1n) is 13.2. The highest BCUT2D eigenvalue weighted by Gasteiger charge is 2.19. The third-order valence-electron chi connectivity index (χ3n) is 7.35. The molecule has 5 rings (SSSR count). The van der Waals surface area contributed by atoms with Crippen LogP contribution in [0.25, 0.3) is 16.3 Å². The molecule has 1 saturated heterocycles. The number of hydrogen-bond acceptors (Lipinski definition) is 4. The Hall–Kier alpha value is -3.15. The van der Waals surface area contributed by atoms with Gasteiger partial charge >= 0.3 is 0 Å². The van der Waals surface area contributed by atoms with Crippen molar-refractivity contribution in [1.29, 1.82) is 0 Å². The fourth-order valence-electron chi connectivity index (χ4n) is 5.28. The molecule has 0 saturated carbocycles. The number of rotatable bonds is 9. The minimum atomic E-state index is -0.570. The lowest BCUT2D eigenvalue weighted by Crippen LogP contribution is -2.38. The van der Waals surface area contributed by atoms with Crippen molar-refractivity contribution in [2.24, 2.45) is 0 Å². The summed E-state index contributed by atoms with van der Waals surface area (Å²) in [5.41, 5.74) is 3.69. The molecule has 1 amide bonds. The normalized spacial score (nSPS) is 17.2. The van der Waals surface area contributed by atoms with Gasteiger partial charge in [-0.3, -0.25) is 9.69 Å². The zero-order valence-corrected chi connectivity index (χ0v) is 20.9. The minimum Gasteiger partial charge on any atom is -0.491 e. The number of nitrogens with zero attached hydrogens (tertiary/aromatic N) is 2. The lowest BCUT2D eigenvalue weighted by Gasteiger charge is -2.28. The lowest BCUT2D eigenvalue weighted by molar-refractivity contribution is -0.130. The fraction of sp³-hybridized carbons (Fsp3) is 0.387. The molecule has 1 N–H and O–H groups in total. The molecule has 2 aliphatic heterocycles. The Balaban J connectivity index is 1.10. The molecule has 1 atom stereocenters. The molecule has 0 bridgehead atoms. The molecule has 1 unspecified atom stereocenters. The van der Waals surface area contributed by atoms with Gasteiger partial charge in [-0.2, -0.15) is 0 Å². The van der Waals surface area contributed by atoms with Crippen LogP contribution in [0.2, 0.25) is 0 Å². The van der Waals surface area contributed by atoms with Crippen LogP contribution in [0.1, 0.15) is 36.8 Å². The highest BCUT2D eigenvalue weighted by Crippen LogP contribution is 2.26. The van der Waals surface area contributed by atoms with Crippen LogP contribution in [-0.4, -0.2) is 66.2 Å². The smallest absolute Gasteiger partial charge is 0.222 e. The number of fused-ring (bicyclic) bond motifs is 1. The number of benzene rings is 3. The maximum Gasteiger partial charge on any atom is 0.222 e. The SMILES string of the molecule is O=C(CCc1ccccc1OCC(O)CN1CC=C(c2ccc3ccccc3c2)CC1)N1CCCC1. The molecule has 0 radical (unpaired) electrons. The summed E-state index contributed by atoms with van der Waals surface area (Å²) >= 11 is 0. The predicted octanol–water partition coefficient (Wildman–Crippen LogP) is 4.92. The number of β-amino-alcohol motifs (C(OH)–C–C–N with tert-alkyl or cyclic N) is 1. The van der Waals surface area contributed by atoms with Crippen LogP contribution in [0.4, 0.5) is 0 Å². The van der Waals surface area contributed by atoms with Gasteiger partial charge in [0.1, 0.15) is 18.5 Å². The molecule has 188 valence electrons. The molecule has 0 aromatic heterocycles.